The van der Waals surface area contributed by atoms with Crippen molar-refractivity contribution in [2.75, 3.05) is 26.5 Å². The smallest absolute Gasteiger partial charge is 0.356 e. The summed E-state index contributed by atoms with van der Waals surface area (Å²) in [4.78, 5) is 16.7. The number of likely N-dealkylation sites (N-methyl/N-ethyl adjacent to an activating group) is 1. The molecule has 8 heteroatoms. The lowest BCUT2D eigenvalue weighted by atomic mass is 10.1. The molecule has 6 nitrogen and oxygen atoms in total. The van der Waals surface area contributed by atoms with Crippen LogP contribution in [0.15, 0.2) is 18.5 Å². The molecule has 0 aliphatic carbocycles. The fourth-order valence-corrected chi connectivity index (χ4v) is 2.00. The van der Waals surface area contributed by atoms with E-state index in [9.17, 15) is 13.6 Å². The Morgan fingerprint density at radius 1 is 1.62 bits per heavy atom. The zero-order chi connectivity index (χ0) is 15.6. The SMILES string of the molecule is COC(=O)c1cc(C2=COCC(C(F)F)N2C)c(N)cn1. The average molecular weight is 299 g/mol. The molecular formula is C13H15F2N3O3. The molecule has 0 aromatic carbocycles. The van der Waals surface area contributed by atoms with Crippen LogP contribution in [0.1, 0.15) is 16.1 Å². The fourth-order valence-electron chi connectivity index (χ4n) is 2.00. The van der Waals surface area contributed by atoms with Crippen molar-refractivity contribution in [1.29, 1.82) is 0 Å². The summed E-state index contributed by atoms with van der Waals surface area (Å²) in [6.45, 7) is -0.119. The van der Waals surface area contributed by atoms with Crippen molar-refractivity contribution in [1.82, 2.24) is 9.88 Å². The highest BCUT2D eigenvalue weighted by Crippen LogP contribution is 2.30. The van der Waals surface area contributed by atoms with Gasteiger partial charge in [-0.2, -0.15) is 0 Å². The standard InChI is InChI=1S/C13H15F2N3O3/c1-18-10(5-21-6-11(18)12(14)15)7-3-9(13(19)20-2)17-4-8(7)16/h3-5,11-12H,6,16H2,1-2H3. The number of ether oxygens (including phenoxy) is 2. The predicted octanol–water partition coefficient (Wildman–Crippen LogP) is 1.34. The minimum Gasteiger partial charge on any atom is -0.497 e. The molecule has 2 rings (SSSR count). The second-order valence-electron chi connectivity index (χ2n) is 4.50. The molecule has 1 aliphatic heterocycles. The monoisotopic (exact) mass is 299 g/mol. The molecule has 1 unspecified atom stereocenters. The van der Waals surface area contributed by atoms with Crippen LogP contribution >= 0.6 is 0 Å². The van der Waals surface area contributed by atoms with E-state index in [0.29, 0.717) is 11.3 Å². The van der Waals surface area contributed by atoms with E-state index >= 15 is 0 Å². The van der Waals surface area contributed by atoms with Crippen LogP contribution in [0.4, 0.5) is 14.5 Å². The van der Waals surface area contributed by atoms with Crippen LogP contribution in [-0.2, 0) is 9.47 Å². The lowest BCUT2D eigenvalue weighted by molar-refractivity contribution is 0.0125. The molecule has 1 aromatic rings. The molecule has 0 saturated heterocycles. The first-order chi connectivity index (χ1) is 9.95. The quantitative estimate of drug-likeness (QED) is 0.849. The predicted molar refractivity (Wildman–Crippen MR) is 71.5 cm³/mol. The maximum atomic E-state index is 13.0. The summed E-state index contributed by atoms with van der Waals surface area (Å²) in [5.41, 5.74) is 6.85. The summed E-state index contributed by atoms with van der Waals surface area (Å²) < 4.78 is 35.6. The van der Waals surface area contributed by atoms with E-state index < -0.39 is 18.4 Å². The highest BCUT2D eigenvalue weighted by molar-refractivity contribution is 5.89. The number of hydrogen-bond acceptors (Lipinski definition) is 6. The third-order valence-corrected chi connectivity index (χ3v) is 3.24. The van der Waals surface area contributed by atoms with Gasteiger partial charge in [0.1, 0.15) is 24.6 Å². The summed E-state index contributed by atoms with van der Waals surface area (Å²) in [7, 11) is 2.74. The minimum atomic E-state index is -2.57. The topological polar surface area (TPSA) is 77.7 Å². The Hall–Kier alpha value is -2.38. The average Bonchev–Trinajstić information content (AvgIpc) is 2.47. The summed E-state index contributed by atoms with van der Waals surface area (Å²) in [6.07, 6.45) is 0.0512. The highest BCUT2D eigenvalue weighted by atomic mass is 19.3. The van der Waals surface area contributed by atoms with Gasteiger partial charge in [0.05, 0.1) is 24.7 Å². The van der Waals surface area contributed by atoms with Gasteiger partial charge in [-0.25, -0.2) is 18.6 Å². The van der Waals surface area contributed by atoms with Crippen molar-refractivity contribution >= 4 is 17.4 Å². The van der Waals surface area contributed by atoms with Crippen molar-refractivity contribution in [2.45, 2.75) is 12.5 Å². The van der Waals surface area contributed by atoms with Crippen LogP contribution in [-0.4, -0.2) is 49.1 Å². The van der Waals surface area contributed by atoms with Gasteiger partial charge in [0, 0.05) is 12.6 Å². The number of hydrogen-bond donors (Lipinski definition) is 1. The van der Waals surface area contributed by atoms with Crippen molar-refractivity contribution < 1.29 is 23.0 Å². The first-order valence-corrected chi connectivity index (χ1v) is 6.12. The third kappa shape index (κ3) is 2.88. The number of esters is 1. The Balaban J connectivity index is 2.41. The lowest BCUT2D eigenvalue weighted by Crippen LogP contribution is -2.42. The Morgan fingerprint density at radius 3 is 2.95 bits per heavy atom. The molecule has 1 aliphatic rings. The van der Waals surface area contributed by atoms with Crippen LogP contribution < -0.4 is 5.73 Å². The van der Waals surface area contributed by atoms with E-state index in [4.69, 9.17) is 10.5 Å². The van der Waals surface area contributed by atoms with Gasteiger partial charge in [-0.1, -0.05) is 0 Å². The molecule has 0 radical (unpaired) electrons. The largest absolute Gasteiger partial charge is 0.497 e. The molecule has 0 fully saturated rings. The summed E-state index contributed by atoms with van der Waals surface area (Å²) in [6, 6.07) is 0.305. The summed E-state index contributed by atoms with van der Waals surface area (Å²) in [5.74, 6) is -0.637. The van der Waals surface area contributed by atoms with Gasteiger partial charge in [-0.15, -0.1) is 0 Å². The minimum absolute atomic E-state index is 0.0372. The van der Waals surface area contributed by atoms with Crippen molar-refractivity contribution in [3.05, 3.63) is 29.8 Å². The van der Waals surface area contributed by atoms with Gasteiger partial charge in [0.25, 0.3) is 6.43 Å². The number of nitrogens with zero attached hydrogens (tertiary/aromatic N) is 2. The van der Waals surface area contributed by atoms with Gasteiger partial charge in [-0.05, 0) is 6.07 Å². The van der Waals surface area contributed by atoms with E-state index in [0.717, 1.165) is 0 Å². The van der Waals surface area contributed by atoms with Gasteiger partial charge in [0.15, 0.2) is 0 Å². The number of pyridine rings is 1. The number of nitrogens with two attached hydrogens (primary N) is 1. The first-order valence-electron chi connectivity index (χ1n) is 6.12. The third-order valence-electron chi connectivity index (χ3n) is 3.24. The van der Waals surface area contributed by atoms with Crippen molar-refractivity contribution in [3.8, 4) is 0 Å². The Labute approximate surface area is 120 Å². The Bertz CT molecular complexity index is 578. The number of nitrogen functional groups attached to an aromatic ring is 1. The zero-order valence-electron chi connectivity index (χ0n) is 11.5. The Morgan fingerprint density at radius 2 is 2.33 bits per heavy atom. The molecule has 0 bridgehead atoms. The highest BCUT2D eigenvalue weighted by Gasteiger charge is 2.31. The van der Waals surface area contributed by atoms with E-state index in [1.165, 1.54) is 37.6 Å². The van der Waals surface area contributed by atoms with E-state index in [1.54, 1.807) is 0 Å². The normalized spacial score (nSPS) is 18.2. The number of carbonyl (C=O) groups excluding carboxylic acids is 1. The van der Waals surface area contributed by atoms with Gasteiger partial charge in [-0.3, -0.25) is 0 Å². The molecule has 1 aromatic heterocycles. The number of halogens is 2. The van der Waals surface area contributed by atoms with Crippen LogP contribution in [0.25, 0.3) is 5.70 Å². The first kappa shape index (κ1) is 15.0. The number of carbonyl (C=O) groups is 1. The molecule has 2 heterocycles. The molecule has 114 valence electrons. The van der Waals surface area contributed by atoms with Crippen molar-refractivity contribution in [2.24, 2.45) is 0 Å². The molecule has 0 spiro atoms. The maximum Gasteiger partial charge on any atom is 0.356 e. The molecule has 1 atom stereocenters. The number of aromatic nitrogens is 1. The number of methoxy groups -OCH3 is 1. The van der Waals surface area contributed by atoms with E-state index in [1.807, 2.05) is 0 Å². The zero-order valence-corrected chi connectivity index (χ0v) is 11.5. The molecule has 21 heavy (non-hydrogen) atoms. The molecule has 2 N–H and O–H groups in total. The van der Waals surface area contributed by atoms with E-state index in [2.05, 4.69) is 9.72 Å². The number of rotatable bonds is 3. The summed E-state index contributed by atoms with van der Waals surface area (Å²) in [5, 5.41) is 0. The fraction of sp³-hybridized carbons (Fsp3) is 0.385. The second-order valence-corrected chi connectivity index (χ2v) is 4.50. The molecule has 0 amide bonds. The van der Waals surface area contributed by atoms with Crippen LogP contribution in [0.3, 0.4) is 0 Å². The van der Waals surface area contributed by atoms with Gasteiger partial charge < -0.3 is 20.1 Å². The van der Waals surface area contributed by atoms with Crippen LogP contribution in [0.2, 0.25) is 0 Å². The summed E-state index contributed by atoms with van der Waals surface area (Å²) >= 11 is 0. The number of alkyl halides is 2. The van der Waals surface area contributed by atoms with Crippen LogP contribution in [0.5, 0.6) is 0 Å². The molecular weight excluding hydrogens is 284 g/mol. The maximum absolute atomic E-state index is 13.0. The second kappa shape index (κ2) is 5.94. The van der Waals surface area contributed by atoms with Gasteiger partial charge in [0.2, 0.25) is 0 Å². The van der Waals surface area contributed by atoms with Crippen LogP contribution in [0, 0.1) is 0 Å². The Kier molecular flexibility index (Phi) is 4.25. The van der Waals surface area contributed by atoms with Gasteiger partial charge >= 0.3 is 5.97 Å². The number of anilines is 1. The molecule has 0 saturated carbocycles. The van der Waals surface area contributed by atoms with E-state index in [-0.39, 0.29) is 18.0 Å². The lowest BCUT2D eigenvalue weighted by Gasteiger charge is -2.34. The van der Waals surface area contributed by atoms with Crippen molar-refractivity contribution in [3.63, 3.8) is 0 Å².